The van der Waals surface area contributed by atoms with E-state index in [4.69, 9.17) is 14.2 Å². The Bertz CT molecular complexity index is 1050. The van der Waals surface area contributed by atoms with Crippen LogP contribution >= 0.6 is 27.3 Å². The third-order valence-electron chi connectivity index (χ3n) is 4.04. The topological polar surface area (TPSA) is 82.0 Å². The number of nitrogens with zero attached hydrogens (tertiary/aromatic N) is 2. The van der Waals surface area contributed by atoms with Gasteiger partial charge in [0.1, 0.15) is 11.5 Å². The summed E-state index contributed by atoms with van der Waals surface area (Å²) in [6, 6.07) is 13.5. The summed E-state index contributed by atoms with van der Waals surface area (Å²) >= 11 is 4.60. The molecule has 156 valence electrons. The molecule has 0 amide bonds. The van der Waals surface area contributed by atoms with Gasteiger partial charge >= 0.3 is 5.97 Å². The Kier molecular flexibility index (Phi) is 7.42. The van der Waals surface area contributed by atoms with Crippen LogP contribution in [-0.2, 0) is 11.3 Å². The molecule has 0 spiro atoms. The minimum atomic E-state index is -0.412. The zero-order chi connectivity index (χ0) is 21.5. The van der Waals surface area contributed by atoms with Crippen LogP contribution in [0.15, 0.2) is 52.0 Å². The first-order valence-corrected chi connectivity index (χ1v) is 10.5. The molecule has 30 heavy (non-hydrogen) atoms. The molecule has 3 rings (SSSR count). The van der Waals surface area contributed by atoms with Crippen molar-refractivity contribution in [3.63, 3.8) is 0 Å². The van der Waals surface area contributed by atoms with Crippen molar-refractivity contribution < 1.29 is 19.0 Å². The fourth-order valence-electron chi connectivity index (χ4n) is 2.51. The number of rotatable bonds is 8. The molecule has 1 N–H and O–H groups in total. The summed E-state index contributed by atoms with van der Waals surface area (Å²) in [5, 5.41) is 4.68. The molecule has 0 aliphatic carbocycles. The summed E-state index contributed by atoms with van der Waals surface area (Å²) in [6.45, 7) is 2.18. The van der Waals surface area contributed by atoms with Crippen LogP contribution in [0.2, 0.25) is 0 Å². The number of ether oxygens (including phenoxy) is 3. The second kappa shape index (κ2) is 10.2. The quantitative estimate of drug-likeness (QED) is 0.271. The molecule has 0 saturated heterocycles. The number of carbonyl (C=O) groups excluding carboxylic acids is 1. The highest BCUT2D eigenvalue weighted by atomic mass is 79.9. The summed E-state index contributed by atoms with van der Waals surface area (Å²) < 4.78 is 17.1. The van der Waals surface area contributed by atoms with Crippen molar-refractivity contribution in [1.82, 2.24) is 4.98 Å². The maximum Gasteiger partial charge on any atom is 0.350 e. The van der Waals surface area contributed by atoms with Crippen LogP contribution < -0.4 is 14.9 Å². The van der Waals surface area contributed by atoms with Gasteiger partial charge in [0.15, 0.2) is 11.5 Å². The van der Waals surface area contributed by atoms with Crippen LogP contribution in [0.5, 0.6) is 11.5 Å². The smallest absolute Gasteiger partial charge is 0.350 e. The van der Waals surface area contributed by atoms with E-state index in [0.29, 0.717) is 33.8 Å². The Morgan fingerprint density at radius 1 is 1.20 bits per heavy atom. The predicted octanol–water partition coefficient (Wildman–Crippen LogP) is 5.03. The lowest BCUT2D eigenvalue weighted by Crippen LogP contribution is -1.99. The SMILES string of the molecule is COC(=O)c1sc(NN=Cc2ccc(OCc3ccc(Br)cc3)c(OC)c2)nc1C. The average Bonchev–Trinajstić information content (AvgIpc) is 3.13. The van der Waals surface area contributed by atoms with Crippen molar-refractivity contribution in [2.45, 2.75) is 13.5 Å². The third-order valence-corrected chi connectivity index (χ3v) is 5.61. The number of hydrogen-bond donors (Lipinski definition) is 1. The first-order chi connectivity index (χ1) is 14.5. The van der Waals surface area contributed by atoms with E-state index >= 15 is 0 Å². The van der Waals surface area contributed by atoms with E-state index in [0.717, 1.165) is 15.6 Å². The molecule has 0 aliphatic rings. The van der Waals surface area contributed by atoms with Crippen molar-refractivity contribution in [2.24, 2.45) is 5.10 Å². The van der Waals surface area contributed by atoms with Gasteiger partial charge in [-0.1, -0.05) is 39.4 Å². The van der Waals surface area contributed by atoms with Crippen molar-refractivity contribution in [3.8, 4) is 11.5 Å². The second-order valence-electron chi connectivity index (χ2n) is 6.12. The van der Waals surface area contributed by atoms with E-state index in [1.54, 1.807) is 20.2 Å². The zero-order valence-electron chi connectivity index (χ0n) is 16.6. The van der Waals surface area contributed by atoms with Crippen LogP contribution in [-0.4, -0.2) is 31.4 Å². The van der Waals surface area contributed by atoms with Gasteiger partial charge in [0, 0.05) is 4.47 Å². The molecule has 3 aromatic rings. The van der Waals surface area contributed by atoms with Crippen LogP contribution in [0.25, 0.3) is 0 Å². The lowest BCUT2D eigenvalue weighted by molar-refractivity contribution is 0.0605. The molecule has 0 unspecified atom stereocenters. The monoisotopic (exact) mass is 489 g/mol. The molecule has 0 saturated carbocycles. The van der Waals surface area contributed by atoms with Crippen LogP contribution in [0.3, 0.4) is 0 Å². The third kappa shape index (κ3) is 5.58. The number of thiazole rings is 1. The highest BCUT2D eigenvalue weighted by Crippen LogP contribution is 2.29. The number of nitrogens with one attached hydrogen (secondary N) is 1. The van der Waals surface area contributed by atoms with Crippen molar-refractivity contribution in [2.75, 3.05) is 19.6 Å². The average molecular weight is 490 g/mol. The van der Waals surface area contributed by atoms with E-state index in [2.05, 4.69) is 31.4 Å². The Morgan fingerprint density at radius 2 is 1.97 bits per heavy atom. The molecule has 0 aliphatic heterocycles. The molecule has 1 heterocycles. The molecule has 7 nitrogen and oxygen atoms in total. The van der Waals surface area contributed by atoms with Gasteiger partial charge in [-0.25, -0.2) is 9.78 Å². The molecule has 0 atom stereocenters. The molecule has 0 radical (unpaired) electrons. The van der Waals surface area contributed by atoms with Crippen LogP contribution in [0.1, 0.15) is 26.5 Å². The number of carbonyl (C=O) groups is 1. The van der Waals surface area contributed by atoms with Gasteiger partial charge in [-0.05, 0) is 48.4 Å². The van der Waals surface area contributed by atoms with Crippen molar-refractivity contribution in [3.05, 3.63) is 68.6 Å². The minimum Gasteiger partial charge on any atom is -0.493 e. The highest BCUT2D eigenvalue weighted by Gasteiger charge is 2.15. The standard InChI is InChI=1S/C21H20BrN3O4S/c1-13-19(20(26)28-3)30-21(24-13)25-23-11-15-6-9-17(18(10-15)27-2)29-12-14-4-7-16(22)8-5-14/h4-11H,12H2,1-3H3,(H,24,25). The zero-order valence-corrected chi connectivity index (χ0v) is 19.0. The van der Waals surface area contributed by atoms with Gasteiger partial charge in [-0.15, -0.1) is 0 Å². The molecule has 1 aromatic heterocycles. The number of hydrazone groups is 1. The van der Waals surface area contributed by atoms with Crippen LogP contribution in [0.4, 0.5) is 5.13 Å². The summed E-state index contributed by atoms with van der Waals surface area (Å²) in [5.41, 5.74) is 5.30. The van der Waals surface area contributed by atoms with Gasteiger partial charge in [-0.2, -0.15) is 5.10 Å². The normalized spacial score (nSPS) is 10.8. The van der Waals surface area contributed by atoms with E-state index in [1.165, 1.54) is 18.4 Å². The molecular formula is C21H20BrN3O4S. The Balaban J connectivity index is 1.64. The molecule has 0 bridgehead atoms. The highest BCUT2D eigenvalue weighted by molar-refractivity contribution is 9.10. The number of benzene rings is 2. The molecule has 0 fully saturated rings. The van der Waals surface area contributed by atoms with Crippen molar-refractivity contribution in [1.29, 1.82) is 0 Å². The van der Waals surface area contributed by atoms with Gasteiger partial charge < -0.3 is 14.2 Å². The van der Waals surface area contributed by atoms with E-state index < -0.39 is 5.97 Å². The van der Waals surface area contributed by atoms with Gasteiger partial charge in [0.25, 0.3) is 0 Å². The number of aromatic nitrogens is 1. The Hall–Kier alpha value is -2.91. The second-order valence-corrected chi connectivity index (χ2v) is 8.04. The largest absolute Gasteiger partial charge is 0.493 e. The van der Waals surface area contributed by atoms with Crippen molar-refractivity contribution >= 4 is 44.6 Å². The molecular weight excluding hydrogens is 470 g/mol. The minimum absolute atomic E-state index is 0.412. The fraction of sp³-hybridized carbons (Fsp3) is 0.190. The number of aryl methyl sites for hydroxylation is 1. The maximum absolute atomic E-state index is 11.7. The van der Waals surface area contributed by atoms with Gasteiger partial charge in [0.2, 0.25) is 5.13 Å². The first kappa shape index (κ1) is 21.8. The van der Waals surface area contributed by atoms with Crippen LogP contribution in [0, 0.1) is 6.92 Å². The van der Waals surface area contributed by atoms with E-state index in [9.17, 15) is 4.79 Å². The maximum atomic E-state index is 11.7. The molecule has 9 heteroatoms. The number of halogens is 1. The summed E-state index contributed by atoms with van der Waals surface area (Å²) in [4.78, 5) is 16.4. The van der Waals surface area contributed by atoms with E-state index in [-0.39, 0.29) is 0 Å². The number of methoxy groups -OCH3 is 2. The lowest BCUT2D eigenvalue weighted by atomic mass is 10.2. The summed E-state index contributed by atoms with van der Waals surface area (Å²) in [5.74, 6) is 0.837. The van der Waals surface area contributed by atoms with Gasteiger partial charge in [0.05, 0.1) is 26.1 Å². The summed E-state index contributed by atoms with van der Waals surface area (Å²) in [6.07, 6.45) is 1.63. The predicted molar refractivity (Wildman–Crippen MR) is 121 cm³/mol. The lowest BCUT2D eigenvalue weighted by Gasteiger charge is -2.11. The summed E-state index contributed by atoms with van der Waals surface area (Å²) in [7, 11) is 2.93. The Morgan fingerprint density at radius 3 is 2.67 bits per heavy atom. The fourth-order valence-corrected chi connectivity index (χ4v) is 3.61. The first-order valence-electron chi connectivity index (χ1n) is 8.90. The number of esters is 1. The van der Waals surface area contributed by atoms with Gasteiger partial charge in [-0.3, -0.25) is 5.43 Å². The van der Waals surface area contributed by atoms with E-state index in [1.807, 2.05) is 42.5 Å². The number of hydrogen-bond acceptors (Lipinski definition) is 8. The Labute approximate surface area is 186 Å². The molecule has 2 aromatic carbocycles. The number of anilines is 1.